The summed E-state index contributed by atoms with van der Waals surface area (Å²) in [6.45, 7) is 2.67. The van der Waals surface area contributed by atoms with Crippen molar-refractivity contribution in [2.75, 3.05) is 31.5 Å². The Hall–Kier alpha value is -1.44. The van der Waals surface area contributed by atoms with Crippen LogP contribution in [0.1, 0.15) is 5.56 Å². The quantitative estimate of drug-likeness (QED) is 0.711. The minimum atomic E-state index is -3.43. The summed E-state index contributed by atoms with van der Waals surface area (Å²) < 4.78 is 26.5. The van der Waals surface area contributed by atoms with Crippen molar-refractivity contribution in [2.45, 2.75) is 11.3 Å². The Kier molecular flexibility index (Phi) is 3.04. The van der Waals surface area contributed by atoms with E-state index in [1.165, 1.54) is 4.31 Å². The van der Waals surface area contributed by atoms with Gasteiger partial charge in [0.2, 0.25) is 15.9 Å². The highest BCUT2D eigenvalue weighted by Gasteiger charge is 2.29. The lowest BCUT2D eigenvalue weighted by molar-refractivity contribution is -0.661. The van der Waals surface area contributed by atoms with Gasteiger partial charge >= 0.3 is 0 Å². The number of anilines is 1. The number of nitrogens with one attached hydrogen (secondary N) is 1. The van der Waals surface area contributed by atoms with Crippen LogP contribution in [0.4, 0.5) is 5.69 Å². The molecule has 2 heterocycles. The second kappa shape index (κ2) is 4.59. The summed E-state index contributed by atoms with van der Waals surface area (Å²) in [4.78, 5) is 11.6. The molecule has 0 atom stereocenters. The molecule has 0 aromatic heterocycles. The molecule has 7 heteroatoms. The zero-order valence-electron chi connectivity index (χ0n) is 10.4. The van der Waals surface area contributed by atoms with Crippen molar-refractivity contribution in [1.82, 2.24) is 4.31 Å². The second-order valence-electron chi connectivity index (χ2n) is 4.81. The van der Waals surface area contributed by atoms with Crippen LogP contribution in [0.3, 0.4) is 0 Å². The monoisotopic (exact) mass is 282 g/mol. The third kappa shape index (κ3) is 2.24. The Balaban J connectivity index is 1.93. The van der Waals surface area contributed by atoms with E-state index in [4.69, 9.17) is 0 Å². The summed E-state index contributed by atoms with van der Waals surface area (Å²) in [5, 5.41) is 4.81. The zero-order valence-corrected chi connectivity index (χ0v) is 11.2. The first kappa shape index (κ1) is 12.6. The third-order valence-corrected chi connectivity index (χ3v) is 5.40. The number of nitrogens with zero attached hydrogens (tertiary/aromatic N) is 1. The van der Waals surface area contributed by atoms with Crippen molar-refractivity contribution in [3.8, 4) is 0 Å². The third-order valence-electron chi connectivity index (χ3n) is 3.50. The highest BCUT2D eigenvalue weighted by Crippen LogP contribution is 2.27. The predicted octanol–water partition coefficient (Wildman–Crippen LogP) is -1.25. The van der Waals surface area contributed by atoms with Crippen molar-refractivity contribution in [3.05, 3.63) is 23.8 Å². The minimum Gasteiger partial charge on any atom is -0.344 e. The van der Waals surface area contributed by atoms with Crippen molar-refractivity contribution in [1.29, 1.82) is 0 Å². The molecular weight excluding hydrogens is 266 g/mol. The molecule has 1 aromatic carbocycles. The molecule has 0 saturated carbocycles. The lowest BCUT2D eigenvalue weighted by atomic mass is 10.2. The van der Waals surface area contributed by atoms with Crippen LogP contribution < -0.4 is 10.6 Å². The number of hydrogen-bond acceptors (Lipinski definition) is 3. The van der Waals surface area contributed by atoms with Crippen LogP contribution in [-0.4, -0.2) is 44.8 Å². The number of carbonyl (C=O) groups excluding carboxylic acids is 1. The molecule has 1 aromatic rings. The van der Waals surface area contributed by atoms with Gasteiger partial charge in [0.05, 0.1) is 37.5 Å². The normalized spacial score (nSPS) is 20.1. The molecule has 0 spiro atoms. The van der Waals surface area contributed by atoms with Crippen molar-refractivity contribution in [3.63, 3.8) is 0 Å². The number of fused-ring (bicyclic) bond motifs is 1. The lowest BCUT2D eigenvalue weighted by Crippen LogP contribution is -2.89. The number of piperazine rings is 1. The first-order valence-electron chi connectivity index (χ1n) is 6.32. The van der Waals surface area contributed by atoms with Gasteiger partial charge in [-0.05, 0) is 23.8 Å². The summed E-state index contributed by atoms with van der Waals surface area (Å²) in [6.07, 6.45) is 0.256. The Labute approximate surface area is 111 Å². The lowest BCUT2D eigenvalue weighted by Gasteiger charge is -2.24. The molecule has 1 amide bonds. The van der Waals surface area contributed by atoms with E-state index in [-0.39, 0.29) is 17.2 Å². The molecule has 6 nitrogen and oxygen atoms in total. The van der Waals surface area contributed by atoms with Gasteiger partial charge in [-0.2, -0.15) is 4.31 Å². The van der Waals surface area contributed by atoms with Crippen LogP contribution in [0.15, 0.2) is 23.1 Å². The average molecular weight is 282 g/mol. The van der Waals surface area contributed by atoms with Crippen LogP contribution in [0, 0.1) is 0 Å². The maximum Gasteiger partial charge on any atom is 0.243 e. The summed E-state index contributed by atoms with van der Waals surface area (Å²) in [5.41, 5.74) is 1.48. The fourth-order valence-corrected chi connectivity index (χ4v) is 4.00. The van der Waals surface area contributed by atoms with Crippen molar-refractivity contribution >= 4 is 21.6 Å². The maximum atomic E-state index is 12.5. The van der Waals surface area contributed by atoms with Gasteiger partial charge in [0.15, 0.2) is 0 Å². The van der Waals surface area contributed by atoms with Crippen LogP contribution >= 0.6 is 0 Å². The summed E-state index contributed by atoms with van der Waals surface area (Å²) in [5.74, 6) is -0.0860. The van der Waals surface area contributed by atoms with E-state index >= 15 is 0 Å². The molecule has 2 aliphatic rings. The molecule has 19 heavy (non-hydrogen) atoms. The van der Waals surface area contributed by atoms with Gasteiger partial charge < -0.3 is 10.6 Å². The highest BCUT2D eigenvalue weighted by molar-refractivity contribution is 7.89. The number of sulfonamides is 1. The SMILES string of the molecule is O=C1Cc2cc(S(=O)(=O)N3CC[NH2+]CC3)ccc2N1. The number of hydrogen-bond donors (Lipinski definition) is 2. The molecule has 102 valence electrons. The molecule has 0 aliphatic carbocycles. The Morgan fingerprint density at radius 3 is 2.68 bits per heavy atom. The van der Waals surface area contributed by atoms with E-state index in [0.717, 1.165) is 24.3 Å². The standard InChI is InChI=1S/C12H15N3O3S/c16-12-8-9-7-10(1-2-11(9)14-12)19(17,18)15-5-3-13-4-6-15/h1-2,7,13H,3-6,8H2,(H,14,16)/p+1. The Bertz CT molecular complexity index is 621. The molecule has 1 saturated heterocycles. The Morgan fingerprint density at radius 1 is 1.21 bits per heavy atom. The maximum absolute atomic E-state index is 12.5. The van der Waals surface area contributed by atoms with Gasteiger partial charge in [-0.15, -0.1) is 0 Å². The summed E-state index contributed by atoms with van der Waals surface area (Å²) >= 11 is 0. The van der Waals surface area contributed by atoms with Gasteiger partial charge in [-0.3, -0.25) is 4.79 Å². The number of benzene rings is 1. The molecule has 3 rings (SSSR count). The number of rotatable bonds is 2. The first-order valence-corrected chi connectivity index (χ1v) is 7.76. The Morgan fingerprint density at radius 2 is 1.95 bits per heavy atom. The number of carbonyl (C=O) groups is 1. The number of amides is 1. The largest absolute Gasteiger partial charge is 0.344 e. The van der Waals surface area contributed by atoms with Gasteiger partial charge in [0.1, 0.15) is 0 Å². The van der Waals surface area contributed by atoms with Gasteiger partial charge in [0, 0.05) is 5.69 Å². The topological polar surface area (TPSA) is 83.1 Å². The predicted molar refractivity (Wildman–Crippen MR) is 69.2 cm³/mol. The average Bonchev–Trinajstić information content (AvgIpc) is 2.78. The van der Waals surface area contributed by atoms with Crippen molar-refractivity contribution < 1.29 is 18.5 Å². The van der Waals surface area contributed by atoms with Crippen LogP contribution in [0.2, 0.25) is 0 Å². The van der Waals surface area contributed by atoms with E-state index in [9.17, 15) is 13.2 Å². The van der Waals surface area contributed by atoms with Gasteiger partial charge in [-0.1, -0.05) is 0 Å². The fraction of sp³-hybridized carbons (Fsp3) is 0.417. The van der Waals surface area contributed by atoms with E-state index in [1.54, 1.807) is 18.2 Å². The molecule has 1 fully saturated rings. The smallest absolute Gasteiger partial charge is 0.243 e. The van der Waals surface area contributed by atoms with E-state index in [2.05, 4.69) is 10.6 Å². The molecule has 0 unspecified atom stereocenters. The molecule has 3 N–H and O–H groups in total. The molecule has 2 aliphatic heterocycles. The van der Waals surface area contributed by atoms with Gasteiger partial charge in [-0.25, -0.2) is 8.42 Å². The molecule has 0 bridgehead atoms. The van der Waals surface area contributed by atoms with E-state index < -0.39 is 10.0 Å². The first-order chi connectivity index (χ1) is 9.07. The van der Waals surface area contributed by atoms with Gasteiger partial charge in [0.25, 0.3) is 0 Å². The fourth-order valence-electron chi connectivity index (χ4n) is 2.48. The van der Waals surface area contributed by atoms with E-state index in [1.807, 2.05) is 0 Å². The summed E-state index contributed by atoms with van der Waals surface area (Å²) in [7, 11) is -3.43. The summed E-state index contributed by atoms with van der Waals surface area (Å²) in [6, 6.07) is 4.85. The number of nitrogens with two attached hydrogens (primary N) is 1. The van der Waals surface area contributed by atoms with Crippen LogP contribution in [-0.2, 0) is 21.2 Å². The minimum absolute atomic E-state index is 0.0860. The zero-order chi connectivity index (χ0) is 13.5. The van der Waals surface area contributed by atoms with E-state index in [0.29, 0.717) is 13.1 Å². The molecular formula is C12H16N3O3S+. The van der Waals surface area contributed by atoms with Crippen molar-refractivity contribution in [2.24, 2.45) is 0 Å². The molecule has 0 radical (unpaired) electrons. The second-order valence-corrected chi connectivity index (χ2v) is 6.75. The highest BCUT2D eigenvalue weighted by atomic mass is 32.2. The number of quaternary nitrogens is 1. The van der Waals surface area contributed by atoms with Crippen LogP contribution in [0.25, 0.3) is 0 Å². The van der Waals surface area contributed by atoms with Crippen LogP contribution in [0.5, 0.6) is 0 Å².